The first kappa shape index (κ1) is 14.5. The van der Waals surface area contributed by atoms with E-state index in [9.17, 15) is 8.42 Å². The summed E-state index contributed by atoms with van der Waals surface area (Å²) in [7, 11) is -3.63. The number of benzene rings is 2. The van der Waals surface area contributed by atoms with Crippen molar-refractivity contribution in [2.24, 2.45) is 5.73 Å². The van der Waals surface area contributed by atoms with Crippen molar-refractivity contribution in [3.63, 3.8) is 0 Å². The molecule has 0 saturated carbocycles. The molecule has 0 aromatic heterocycles. The maximum Gasteiger partial charge on any atom is 0.261 e. The third kappa shape index (κ3) is 3.36. The monoisotopic (exact) mass is 292 g/mol. The molecule has 2 aromatic carbocycles. The third-order valence-electron chi connectivity index (χ3n) is 2.83. The lowest BCUT2D eigenvalue weighted by Crippen LogP contribution is -2.13. The van der Waals surface area contributed by atoms with Crippen molar-refractivity contribution in [1.29, 1.82) is 0 Å². The van der Waals surface area contributed by atoms with E-state index < -0.39 is 10.0 Å². The Bertz CT molecular complexity index is 682. The van der Waals surface area contributed by atoms with Crippen LogP contribution in [0, 0.1) is 0 Å². The van der Waals surface area contributed by atoms with Crippen LogP contribution in [0.4, 0.5) is 5.69 Å². The van der Waals surface area contributed by atoms with Crippen LogP contribution in [-0.4, -0.2) is 13.5 Å². The molecular formula is C14H16N2O3S. The van der Waals surface area contributed by atoms with Gasteiger partial charge in [-0.3, -0.25) is 4.72 Å². The van der Waals surface area contributed by atoms with E-state index in [-0.39, 0.29) is 18.0 Å². The van der Waals surface area contributed by atoms with Gasteiger partial charge < -0.3 is 10.8 Å². The van der Waals surface area contributed by atoms with Gasteiger partial charge in [-0.15, -0.1) is 0 Å². The van der Waals surface area contributed by atoms with Crippen molar-refractivity contribution in [2.75, 3.05) is 4.72 Å². The zero-order chi connectivity index (χ0) is 14.6. The lowest BCUT2D eigenvalue weighted by Gasteiger charge is -2.09. The molecule has 106 valence electrons. The maximum atomic E-state index is 12.2. The molecule has 0 heterocycles. The van der Waals surface area contributed by atoms with Crippen LogP contribution in [-0.2, 0) is 23.2 Å². The van der Waals surface area contributed by atoms with Crippen LogP contribution in [0.25, 0.3) is 0 Å². The van der Waals surface area contributed by atoms with E-state index in [2.05, 4.69) is 4.72 Å². The molecule has 0 aliphatic rings. The first-order valence-corrected chi connectivity index (χ1v) is 7.55. The zero-order valence-electron chi connectivity index (χ0n) is 10.8. The number of aliphatic hydroxyl groups is 1. The van der Waals surface area contributed by atoms with Gasteiger partial charge in [-0.25, -0.2) is 8.42 Å². The second-order valence-corrected chi connectivity index (χ2v) is 5.99. The molecule has 6 heteroatoms. The van der Waals surface area contributed by atoms with Crippen molar-refractivity contribution >= 4 is 15.7 Å². The first-order chi connectivity index (χ1) is 9.55. The number of sulfonamides is 1. The van der Waals surface area contributed by atoms with Crippen molar-refractivity contribution in [3.05, 3.63) is 59.7 Å². The van der Waals surface area contributed by atoms with E-state index in [0.29, 0.717) is 5.69 Å². The van der Waals surface area contributed by atoms with Crippen molar-refractivity contribution < 1.29 is 13.5 Å². The topological polar surface area (TPSA) is 92.4 Å². The molecule has 2 rings (SSSR count). The lowest BCUT2D eigenvalue weighted by molar-refractivity contribution is 0.282. The van der Waals surface area contributed by atoms with Gasteiger partial charge in [0.1, 0.15) is 0 Å². The minimum Gasteiger partial charge on any atom is -0.392 e. The van der Waals surface area contributed by atoms with Gasteiger partial charge in [-0.2, -0.15) is 0 Å². The van der Waals surface area contributed by atoms with Crippen molar-refractivity contribution in [3.8, 4) is 0 Å². The normalized spacial score (nSPS) is 11.3. The molecular weight excluding hydrogens is 276 g/mol. The molecule has 0 radical (unpaired) electrons. The summed E-state index contributed by atoms with van der Waals surface area (Å²) < 4.78 is 26.9. The molecule has 0 aliphatic heterocycles. The third-order valence-corrected chi connectivity index (χ3v) is 4.21. The predicted molar refractivity (Wildman–Crippen MR) is 77.5 cm³/mol. The highest BCUT2D eigenvalue weighted by atomic mass is 32.2. The Labute approximate surface area is 118 Å². The fraction of sp³-hybridized carbons (Fsp3) is 0.143. The number of rotatable bonds is 5. The summed E-state index contributed by atoms with van der Waals surface area (Å²) in [6, 6.07) is 13.0. The van der Waals surface area contributed by atoms with Gasteiger partial charge >= 0.3 is 0 Å². The second-order valence-electron chi connectivity index (χ2n) is 4.31. The summed E-state index contributed by atoms with van der Waals surface area (Å²) in [5, 5.41) is 8.95. The Kier molecular flexibility index (Phi) is 4.39. The molecule has 0 spiro atoms. The Morgan fingerprint density at radius 2 is 1.75 bits per heavy atom. The highest BCUT2D eigenvalue weighted by Gasteiger charge is 2.14. The Balaban J connectivity index is 2.25. The van der Waals surface area contributed by atoms with Crippen LogP contribution in [0.15, 0.2) is 53.4 Å². The number of hydrogen-bond acceptors (Lipinski definition) is 4. The van der Waals surface area contributed by atoms with Gasteiger partial charge in [-0.05, 0) is 35.4 Å². The highest BCUT2D eigenvalue weighted by Crippen LogP contribution is 2.17. The van der Waals surface area contributed by atoms with Crippen molar-refractivity contribution in [2.45, 2.75) is 18.0 Å². The van der Waals surface area contributed by atoms with E-state index >= 15 is 0 Å². The van der Waals surface area contributed by atoms with Gasteiger partial charge in [0.05, 0.1) is 11.5 Å². The molecule has 0 amide bonds. The minimum atomic E-state index is -3.63. The van der Waals surface area contributed by atoms with Gasteiger partial charge in [0.25, 0.3) is 10.0 Å². The molecule has 0 atom stereocenters. The van der Waals surface area contributed by atoms with Gasteiger partial charge in [0.15, 0.2) is 0 Å². The molecule has 0 unspecified atom stereocenters. The highest BCUT2D eigenvalue weighted by molar-refractivity contribution is 7.92. The fourth-order valence-corrected chi connectivity index (χ4v) is 2.86. The molecule has 5 nitrogen and oxygen atoms in total. The smallest absolute Gasteiger partial charge is 0.261 e. The zero-order valence-corrected chi connectivity index (χ0v) is 11.6. The van der Waals surface area contributed by atoms with Crippen LogP contribution in [0.3, 0.4) is 0 Å². The van der Waals surface area contributed by atoms with E-state index in [1.165, 1.54) is 6.07 Å². The molecule has 0 fully saturated rings. The van der Waals surface area contributed by atoms with Gasteiger partial charge in [-0.1, -0.05) is 24.3 Å². The van der Waals surface area contributed by atoms with E-state index in [0.717, 1.165) is 11.1 Å². The maximum absolute atomic E-state index is 12.2. The fourth-order valence-electron chi connectivity index (χ4n) is 1.73. The summed E-state index contributed by atoms with van der Waals surface area (Å²) in [5.74, 6) is 0. The van der Waals surface area contributed by atoms with Crippen molar-refractivity contribution in [1.82, 2.24) is 0 Å². The van der Waals surface area contributed by atoms with E-state index in [1.54, 1.807) is 42.5 Å². The molecule has 4 N–H and O–H groups in total. The Morgan fingerprint density at radius 3 is 2.35 bits per heavy atom. The quantitative estimate of drug-likeness (QED) is 0.777. The molecule has 0 saturated heterocycles. The standard InChI is InChI=1S/C14H16N2O3S/c15-9-12-2-1-3-14(8-12)20(18,19)16-13-6-4-11(10-17)5-7-13/h1-8,16-17H,9-10,15H2. The molecule has 20 heavy (non-hydrogen) atoms. The Hall–Kier alpha value is -1.89. The summed E-state index contributed by atoms with van der Waals surface area (Å²) in [4.78, 5) is 0.173. The van der Waals surface area contributed by atoms with Crippen LogP contribution in [0.1, 0.15) is 11.1 Å². The van der Waals surface area contributed by atoms with Crippen LogP contribution in [0.2, 0.25) is 0 Å². The summed E-state index contributed by atoms with van der Waals surface area (Å²) in [6.45, 7) is 0.208. The average Bonchev–Trinajstić information content (AvgIpc) is 2.48. The van der Waals surface area contributed by atoms with E-state index in [4.69, 9.17) is 10.8 Å². The number of nitrogens with one attached hydrogen (secondary N) is 1. The minimum absolute atomic E-state index is 0.0778. The number of nitrogens with two attached hydrogens (primary N) is 1. The first-order valence-electron chi connectivity index (χ1n) is 6.07. The average molecular weight is 292 g/mol. The molecule has 0 bridgehead atoms. The Morgan fingerprint density at radius 1 is 1.05 bits per heavy atom. The summed E-state index contributed by atoms with van der Waals surface area (Å²) >= 11 is 0. The van der Waals surface area contributed by atoms with Gasteiger partial charge in [0.2, 0.25) is 0 Å². The predicted octanol–water partition coefficient (Wildman–Crippen LogP) is 1.44. The second kappa shape index (κ2) is 6.04. The molecule has 2 aromatic rings. The van der Waals surface area contributed by atoms with E-state index in [1.807, 2.05) is 0 Å². The SMILES string of the molecule is NCc1cccc(S(=O)(=O)Nc2ccc(CO)cc2)c1. The van der Waals surface area contributed by atoms with Crippen LogP contribution < -0.4 is 10.5 Å². The number of aliphatic hydroxyl groups excluding tert-OH is 1. The van der Waals surface area contributed by atoms with Crippen LogP contribution >= 0.6 is 0 Å². The lowest BCUT2D eigenvalue weighted by atomic mass is 10.2. The number of anilines is 1. The number of hydrogen-bond donors (Lipinski definition) is 3. The van der Waals surface area contributed by atoms with Crippen LogP contribution in [0.5, 0.6) is 0 Å². The van der Waals surface area contributed by atoms with Gasteiger partial charge in [0, 0.05) is 12.2 Å². The molecule has 0 aliphatic carbocycles. The summed E-state index contributed by atoms with van der Waals surface area (Å²) in [6.07, 6.45) is 0. The largest absolute Gasteiger partial charge is 0.392 e. The summed E-state index contributed by atoms with van der Waals surface area (Å²) in [5.41, 5.74) is 7.43.